The van der Waals surface area contributed by atoms with Gasteiger partial charge < -0.3 is 10.1 Å². The van der Waals surface area contributed by atoms with Crippen molar-refractivity contribution in [1.29, 1.82) is 0 Å². The Morgan fingerprint density at radius 2 is 1.89 bits per heavy atom. The maximum atomic E-state index is 6.00. The fourth-order valence-electron chi connectivity index (χ4n) is 1.86. The zero-order chi connectivity index (χ0) is 13.0. The number of para-hydroxylation sites is 2. The van der Waals surface area contributed by atoms with E-state index in [2.05, 4.69) is 18.3 Å². The maximum absolute atomic E-state index is 6.00. The number of hydrogen-bond acceptors (Lipinski definition) is 2. The van der Waals surface area contributed by atoms with E-state index in [1.807, 2.05) is 42.5 Å². The molecule has 0 heterocycles. The zero-order valence-corrected chi connectivity index (χ0v) is 11.2. The molecular weight excluding hydrogens is 246 g/mol. The molecule has 0 fully saturated rings. The predicted molar refractivity (Wildman–Crippen MR) is 76.5 cm³/mol. The molecule has 2 aromatic rings. The van der Waals surface area contributed by atoms with Crippen molar-refractivity contribution in [2.75, 3.05) is 12.4 Å². The highest BCUT2D eigenvalue weighted by molar-refractivity contribution is 6.30. The first-order valence-electron chi connectivity index (χ1n) is 5.85. The number of rotatable bonds is 4. The Bertz CT molecular complexity index is 527. The lowest BCUT2D eigenvalue weighted by Crippen LogP contribution is -2.07. The molecule has 2 nitrogen and oxygen atoms in total. The van der Waals surface area contributed by atoms with Crippen molar-refractivity contribution in [3.05, 3.63) is 59.1 Å². The largest absolute Gasteiger partial charge is 0.495 e. The van der Waals surface area contributed by atoms with Crippen LogP contribution in [0.4, 0.5) is 5.69 Å². The van der Waals surface area contributed by atoms with Gasteiger partial charge >= 0.3 is 0 Å². The van der Waals surface area contributed by atoms with Gasteiger partial charge in [-0.1, -0.05) is 35.9 Å². The van der Waals surface area contributed by atoms with Gasteiger partial charge in [-0.3, -0.25) is 0 Å². The summed E-state index contributed by atoms with van der Waals surface area (Å²) >= 11 is 6.00. The lowest BCUT2D eigenvalue weighted by atomic mass is 10.1. The fraction of sp³-hybridized carbons (Fsp3) is 0.200. The summed E-state index contributed by atoms with van der Waals surface area (Å²) in [5, 5.41) is 4.17. The standard InChI is InChI=1S/C15H16ClNO/c1-11(12-6-5-7-13(16)10-12)17-14-8-3-4-9-15(14)18-2/h3-11,17H,1-2H3. The second-order valence-electron chi connectivity index (χ2n) is 4.12. The van der Waals surface area contributed by atoms with Gasteiger partial charge in [-0.05, 0) is 36.8 Å². The summed E-state index contributed by atoms with van der Waals surface area (Å²) in [6.07, 6.45) is 0. The van der Waals surface area contributed by atoms with Crippen molar-refractivity contribution in [1.82, 2.24) is 0 Å². The first kappa shape index (κ1) is 12.8. The molecule has 0 radical (unpaired) electrons. The summed E-state index contributed by atoms with van der Waals surface area (Å²) in [4.78, 5) is 0. The van der Waals surface area contributed by atoms with Gasteiger partial charge in [-0.2, -0.15) is 0 Å². The summed E-state index contributed by atoms with van der Waals surface area (Å²) in [5.41, 5.74) is 2.13. The highest BCUT2D eigenvalue weighted by Gasteiger charge is 2.08. The quantitative estimate of drug-likeness (QED) is 0.874. The summed E-state index contributed by atoms with van der Waals surface area (Å²) in [7, 11) is 1.67. The van der Waals surface area contributed by atoms with Crippen LogP contribution in [0.15, 0.2) is 48.5 Å². The van der Waals surface area contributed by atoms with E-state index in [0.29, 0.717) is 0 Å². The third kappa shape index (κ3) is 2.96. The van der Waals surface area contributed by atoms with Crippen molar-refractivity contribution in [2.45, 2.75) is 13.0 Å². The SMILES string of the molecule is COc1ccccc1NC(C)c1cccc(Cl)c1. The molecule has 0 saturated carbocycles. The van der Waals surface area contributed by atoms with E-state index in [0.717, 1.165) is 22.0 Å². The predicted octanol–water partition coefficient (Wildman–Crippen LogP) is 4.52. The van der Waals surface area contributed by atoms with Crippen LogP contribution in [0.5, 0.6) is 5.75 Å². The number of benzene rings is 2. The molecule has 0 spiro atoms. The summed E-state index contributed by atoms with van der Waals surface area (Å²) < 4.78 is 5.32. The molecule has 0 bridgehead atoms. The molecule has 2 aromatic carbocycles. The Labute approximate surface area is 113 Å². The van der Waals surface area contributed by atoms with Gasteiger partial charge in [0.15, 0.2) is 0 Å². The third-order valence-corrected chi connectivity index (χ3v) is 3.06. The molecule has 1 atom stereocenters. The van der Waals surface area contributed by atoms with Crippen LogP contribution in [0, 0.1) is 0 Å². The molecule has 0 aromatic heterocycles. The Kier molecular flexibility index (Phi) is 4.11. The second-order valence-corrected chi connectivity index (χ2v) is 4.56. The van der Waals surface area contributed by atoms with Crippen LogP contribution in [0.3, 0.4) is 0 Å². The molecule has 0 aliphatic heterocycles. The lowest BCUT2D eigenvalue weighted by molar-refractivity contribution is 0.416. The van der Waals surface area contributed by atoms with E-state index in [4.69, 9.17) is 16.3 Å². The van der Waals surface area contributed by atoms with Gasteiger partial charge in [0.25, 0.3) is 0 Å². The molecule has 0 aliphatic rings. The van der Waals surface area contributed by atoms with Crippen molar-refractivity contribution < 1.29 is 4.74 Å². The van der Waals surface area contributed by atoms with Crippen molar-refractivity contribution in [3.8, 4) is 5.75 Å². The van der Waals surface area contributed by atoms with Gasteiger partial charge in [-0.15, -0.1) is 0 Å². The summed E-state index contributed by atoms with van der Waals surface area (Å²) in [6, 6.07) is 15.9. The molecule has 1 unspecified atom stereocenters. The minimum absolute atomic E-state index is 0.167. The second kappa shape index (κ2) is 5.78. The maximum Gasteiger partial charge on any atom is 0.141 e. The Balaban J connectivity index is 2.18. The fourth-order valence-corrected chi connectivity index (χ4v) is 2.06. The molecule has 0 aliphatic carbocycles. The minimum atomic E-state index is 0.167. The number of hydrogen-bond donors (Lipinski definition) is 1. The molecule has 0 amide bonds. The third-order valence-electron chi connectivity index (χ3n) is 2.83. The van der Waals surface area contributed by atoms with Gasteiger partial charge in [-0.25, -0.2) is 0 Å². The van der Waals surface area contributed by atoms with Crippen LogP contribution >= 0.6 is 11.6 Å². The molecule has 2 rings (SSSR count). The van der Waals surface area contributed by atoms with Crippen LogP contribution in [0.2, 0.25) is 5.02 Å². The molecule has 94 valence electrons. The van der Waals surface area contributed by atoms with E-state index >= 15 is 0 Å². The minimum Gasteiger partial charge on any atom is -0.495 e. The van der Waals surface area contributed by atoms with Gasteiger partial charge in [0, 0.05) is 11.1 Å². The normalized spacial score (nSPS) is 11.9. The smallest absolute Gasteiger partial charge is 0.141 e. The van der Waals surface area contributed by atoms with E-state index in [1.54, 1.807) is 7.11 Å². The molecular formula is C15H16ClNO. The van der Waals surface area contributed by atoms with Gasteiger partial charge in [0.05, 0.1) is 12.8 Å². The van der Waals surface area contributed by atoms with E-state index < -0.39 is 0 Å². The Morgan fingerprint density at radius 1 is 1.11 bits per heavy atom. The Hall–Kier alpha value is -1.67. The number of nitrogens with one attached hydrogen (secondary N) is 1. The number of methoxy groups -OCH3 is 1. The lowest BCUT2D eigenvalue weighted by Gasteiger charge is -2.18. The molecule has 0 saturated heterocycles. The summed E-state index contributed by atoms with van der Waals surface area (Å²) in [5.74, 6) is 0.839. The first-order valence-corrected chi connectivity index (χ1v) is 6.23. The topological polar surface area (TPSA) is 21.3 Å². The monoisotopic (exact) mass is 261 g/mol. The van der Waals surface area contributed by atoms with E-state index in [9.17, 15) is 0 Å². The van der Waals surface area contributed by atoms with Crippen LogP contribution in [-0.4, -0.2) is 7.11 Å². The molecule has 1 N–H and O–H groups in total. The number of anilines is 1. The molecule has 3 heteroatoms. The van der Waals surface area contributed by atoms with Gasteiger partial charge in [0.2, 0.25) is 0 Å². The number of halogens is 1. The van der Waals surface area contributed by atoms with Crippen molar-refractivity contribution in [3.63, 3.8) is 0 Å². The average molecular weight is 262 g/mol. The van der Waals surface area contributed by atoms with Crippen molar-refractivity contribution >= 4 is 17.3 Å². The highest BCUT2D eigenvalue weighted by atomic mass is 35.5. The average Bonchev–Trinajstić information content (AvgIpc) is 2.39. The zero-order valence-electron chi connectivity index (χ0n) is 10.5. The van der Waals surface area contributed by atoms with Crippen LogP contribution in [0.1, 0.15) is 18.5 Å². The van der Waals surface area contributed by atoms with Crippen LogP contribution < -0.4 is 10.1 Å². The van der Waals surface area contributed by atoms with E-state index in [-0.39, 0.29) is 6.04 Å². The highest BCUT2D eigenvalue weighted by Crippen LogP contribution is 2.28. The van der Waals surface area contributed by atoms with Crippen molar-refractivity contribution in [2.24, 2.45) is 0 Å². The van der Waals surface area contributed by atoms with Gasteiger partial charge in [0.1, 0.15) is 5.75 Å². The Morgan fingerprint density at radius 3 is 2.61 bits per heavy atom. The van der Waals surface area contributed by atoms with Crippen LogP contribution in [-0.2, 0) is 0 Å². The summed E-state index contributed by atoms with van der Waals surface area (Å²) in [6.45, 7) is 2.10. The number of ether oxygens (including phenoxy) is 1. The van der Waals surface area contributed by atoms with E-state index in [1.165, 1.54) is 0 Å². The first-order chi connectivity index (χ1) is 8.70. The molecule has 18 heavy (non-hydrogen) atoms. The van der Waals surface area contributed by atoms with Crippen LogP contribution in [0.25, 0.3) is 0 Å².